The highest BCUT2D eigenvalue weighted by Gasteiger charge is 2.22. The molecule has 0 saturated carbocycles. The molecule has 1 saturated heterocycles. The Labute approximate surface area is 93.0 Å². The van der Waals surface area contributed by atoms with Gasteiger partial charge in [0.2, 0.25) is 0 Å². The van der Waals surface area contributed by atoms with Gasteiger partial charge in [-0.15, -0.1) is 11.3 Å². The van der Waals surface area contributed by atoms with Crippen molar-refractivity contribution in [2.24, 2.45) is 0 Å². The molecule has 0 radical (unpaired) electrons. The number of rotatable bonds is 3. The number of carbonyl (C=O) groups excluding carboxylic acids is 1. The molecule has 0 unspecified atom stereocenters. The van der Waals surface area contributed by atoms with E-state index in [0.717, 1.165) is 23.3 Å². The summed E-state index contributed by atoms with van der Waals surface area (Å²) in [6, 6.07) is 1.98. The monoisotopic (exact) mass is 226 g/mol. The first-order valence-electron chi connectivity index (χ1n) is 5.16. The Morgan fingerprint density at radius 1 is 1.73 bits per heavy atom. The fourth-order valence-corrected chi connectivity index (χ4v) is 2.48. The predicted molar refractivity (Wildman–Crippen MR) is 58.3 cm³/mol. The second-order valence-electron chi connectivity index (χ2n) is 3.52. The van der Waals surface area contributed by atoms with Crippen LogP contribution in [0.5, 0.6) is 0 Å². The quantitative estimate of drug-likeness (QED) is 0.742. The summed E-state index contributed by atoms with van der Waals surface area (Å²) in [5.41, 5.74) is 1.07. The van der Waals surface area contributed by atoms with Crippen LogP contribution in [-0.2, 0) is 15.9 Å². The van der Waals surface area contributed by atoms with Crippen molar-refractivity contribution in [3.8, 4) is 0 Å². The molecule has 0 aliphatic carbocycles. The largest absolute Gasteiger partial charge is 0.456 e. The van der Waals surface area contributed by atoms with E-state index in [1.807, 2.05) is 18.4 Å². The highest BCUT2D eigenvalue weighted by Crippen LogP contribution is 2.20. The van der Waals surface area contributed by atoms with E-state index >= 15 is 0 Å². The van der Waals surface area contributed by atoms with Crippen LogP contribution in [0.15, 0.2) is 11.4 Å². The van der Waals surface area contributed by atoms with E-state index in [1.165, 1.54) is 11.3 Å². The number of aryl methyl sites for hydroxylation is 1. The average molecular weight is 226 g/mol. The zero-order valence-corrected chi connectivity index (χ0v) is 9.51. The molecule has 1 aromatic heterocycles. The molecule has 0 N–H and O–H groups in total. The molecule has 1 aromatic rings. The maximum absolute atomic E-state index is 11.8. The van der Waals surface area contributed by atoms with Gasteiger partial charge in [0.15, 0.2) is 0 Å². The summed E-state index contributed by atoms with van der Waals surface area (Å²) < 4.78 is 10.5. The minimum absolute atomic E-state index is 0.0516. The molecule has 3 nitrogen and oxygen atoms in total. The smallest absolute Gasteiger partial charge is 0.348 e. The summed E-state index contributed by atoms with van der Waals surface area (Å²) in [7, 11) is 0. The van der Waals surface area contributed by atoms with Crippen molar-refractivity contribution in [1.82, 2.24) is 0 Å². The molecular formula is C11H14O3S. The average Bonchev–Trinajstić information content (AvgIpc) is 2.86. The van der Waals surface area contributed by atoms with Crippen molar-refractivity contribution < 1.29 is 14.3 Å². The highest BCUT2D eigenvalue weighted by atomic mass is 32.1. The Balaban J connectivity index is 2.00. The Hall–Kier alpha value is -0.870. The minimum Gasteiger partial charge on any atom is -0.456 e. The molecule has 0 amide bonds. The van der Waals surface area contributed by atoms with Gasteiger partial charge in [0, 0.05) is 6.42 Å². The van der Waals surface area contributed by atoms with Crippen molar-refractivity contribution in [2.75, 3.05) is 13.2 Å². The van der Waals surface area contributed by atoms with E-state index in [1.54, 1.807) is 0 Å². The van der Waals surface area contributed by atoms with Gasteiger partial charge in [-0.05, 0) is 23.4 Å². The molecule has 2 rings (SSSR count). The van der Waals surface area contributed by atoms with Crippen molar-refractivity contribution in [3.05, 3.63) is 21.9 Å². The molecule has 1 atom stereocenters. The van der Waals surface area contributed by atoms with Gasteiger partial charge in [-0.2, -0.15) is 0 Å². The van der Waals surface area contributed by atoms with E-state index in [4.69, 9.17) is 9.47 Å². The number of carbonyl (C=O) groups is 1. The molecule has 0 bridgehead atoms. The van der Waals surface area contributed by atoms with E-state index < -0.39 is 0 Å². The maximum atomic E-state index is 11.8. The summed E-state index contributed by atoms with van der Waals surface area (Å²) in [6.07, 6.45) is 1.64. The van der Waals surface area contributed by atoms with Gasteiger partial charge in [-0.25, -0.2) is 4.79 Å². The molecule has 4 heteroatoms. The van der Waals surface area contributed by atoms with Gasteiger partial charge in [0.1, 0.15) is 11.0 Å². The standard InChI is InChI=1S/C11H14O3S/c1-2-8-4-6-15-10(8)11(12)14-9-3-5-13-7-9/h4,6,9H,2-3,5,7H2,1H3/t9-/m0/s1. The normalized spacial score (nSPS) is 20.5. The van der Waals surface area contributed by atoms with Gasteiger partial charge < -0.3 is 9.47 Å². The lowest BCUT2D eigenvalue weighted by Gasteiger charge is -2.09. The zero-order chi connectivity index (χ0) is 10.7. The van der Waals surface area contributed by atoms with Crippen LogP contribution < -0.4 is 0 Å². The third-order valence-electron chi connectivity index (χ3n) is 2.47. The van der Waals surface area contributed by atoms with E-state index in [-0.39, 0.29) is 12.1 Å². The third kappa shape index (κ3) is 2.38. The van der Waals surface area contributed by atoms with Gasteiger partial charge in [-0.3, -0.25) is 0 Å². The first-order chi connectivity index (χ1) is 7.31. The first kappa shape index (κ1) is 10.6. The Bertz CT molecular complexity index is 339. The van der Waals surface area contributed by atoms with Crippen LogP contribution in [0.4, 0.5) is 0 Å². The molecular weight excluding hydrogens is 212 g/mol. The lowest BCUT2D eigenvalue weighted by Crippen LogP contribution is -2.18. The summed E-state index contributed by atoms with van der Waals surface area (Å²) in [5, 5.41) is 1.93. The van der Waals surface area contributed by atoms with Gasteiger partial charge in [0.25, 0.3) is 0 Å². The number of hydrogen-bond donors (Lipinski definition) is 0. The molecule has 1 fully saturated rings. The summed E-state index contributed by atoms with van der Waals surface area (Å²) in [4.78, 5) is 12.5. The molecule has 0 spiro atoms. The van der Waals surface area contributed by atoms with Crippen LogP contribution >= 0.6 is 11.3 Å². The Morgan fingerprint density at radius 2 is 2.60 bits per heavy atom. The van der Waals surface area contributed by atoms with E-state index in [2.05, 4.69) is 0 Å². The van der Waals surface area contributed by atoms with Crippen molar-refractivity contribution in [2.45, 2.75) is 25.9 Å². The van der Waals surface area contributed by atoms with Gasteiger partial charge in [0.05, 0.1) is 13.2 Å². The van der Waals surface area contributed by atoms with Crippen LogP contribution in [0.1, 0.15) is 28.6 Å². The van der Waals surface area contributed by atoms with Crippen LogP contribution in [0, 0.1) is 0 Å². The highest BCUT2D eigenvalue weighted by molar-refractivity contribution is 7.12. The number of thiophene rings is 1. The van der Waals surface area contributed by atoms with Crippen molar-refractivity contribution in [3.63, 3.8) is 0 Å². The lowest BCUT2D eigenvalue weighted by molar-refractivity contribution is 0.0275. The first-order valence-corrected chi connectivity index (χ1v) is 6.04. The summed E-state index contributed by atoms with van der Waals surface area (Å²) in [6.45, 7) is 3.28. The molecule has 1 aliphatic rings. The zero-order valence-electron chi connectivity index (χ0n) is 8.69. The summed E-state index contributed by atoms with van der Waals surface area (Å²) >= 11 is 1.45. The third-order valence-corrected chi connectivity index (χ3v) is 3.41. The second kappa shape index (κ2) is 4.77. The number of esters is 1. The topological polar surface area (TPSA) is 35.5 Å². The van der Waals surface area contributed by atoms with Crippen LogP contribution in [0.2, 0.25) is 0 Å². The summed E-state index contributed by atoms with van der Waals surface area (Å²) in [5.74, 6) is -0.197. The number of ether oxygens (including phenoxy) is 2. The molecule has 15 heavy (non-hydrogen) atoms. The van der Waals surface area contributed by atoms with Crippen LogP contribution in [0.3, 0.4) is 0 Å². The lowest BCUT2D eigenvalue weighted by atomic mass is 10.2. The minimum atomic E-state index is -0.197. The van der Waals surface area contributed by atoms with Gasteiger partial charge in [-0.1, -0.05) is 6.92 Å². The van der Waals surface area contributed by atoms with Crippen molar-refractivity contribution >= 4 is 17.3 Å². The Morgan fingerprint density at radius 3 is 3.27 bits per heavy atom. The fraction of sp³-hybridized carbons (Fsp3) is 0.545. The fourth-order valence-electron chi connectivity index (χ4n) is 1.60. The van der Waals surface area contributed by atoms with E-state index in [9.17, 15) is 4.79 Å². The SMILES string of the molecule is CCc1ccsc1C(=O)O[C@H]1CCOC1. The van der Waals surface area contributed by atoms with Crippen molar-refractivity contribution in [1.29, 1.82) is 0 Å². The molecule has 1 aliphatic heterocycles. The maximum Gasteiger partial charge on any atom is 0.348 e. The second-order valence-corrected chi connectivity index (χ2v) is 4.44. The molecule has 0 aromatic carbocycles. The molecule has 82 valence electrons. The predicted octanol–water partition coefficient (Wildman–Crippen LogP) is 2.26. The Kier molecular flexibility index (Phi) is 3.38. The van der Waals surface area contributed by atoms with Crippen LogP contribution in [-0.4, -0.2) is 25.3 Å². The molecule has 2 heterocycles. The van der Waals surface area contributed by atoms with Crippen LogP contribution in [0.25, 0.3) is 0 Å². The van der Waals surface area contributed by atoms with Gasteiger partial charge >= 0.3 is 5.97 Å². The van der Waals surface area contributed by atoms with E-state index in [0.29, 0.717) is 13.2 Å². The number of hydrogen-bond acceptors (Lipinski definition) is 4.